The topological polar surface area (TPSA) is 91.3 Å². The summed E-state index contributed by atoms with van der Waals surface area (Å²) in [5.41, 5.74) is 0. The minimum Gasteiger partial charge on any atom is -0.302 e. The first-order chi connectivity index (χ1) is 7.96. The van der Waals surface area contributed by atoms with Crippen LogP contribution in [0.2, 0.25) is 0 Å². The lowest BCUT2D eigenvalue weighted by atomic mass is 10.5. The van der Waals surface area contributed by atoms with Crippen LogP contribution in [0, 0.1) is 0 Å². The zero-order valence-corrected chi connectivity index (χ0v) is 13.3. The second kappa shape index (κ2) is 7.15. The Bertz CT molecular complexity index is 326. The number of phosphoric acid groups is 2. The summed E-state index contributed by atoms with van der Waals surface area (Å²) in [7, 11) is -8.64. The van der Waals surface area contributed by atoms with Crippen LogP contribution in [0.25, 0.3) is 0 Å². The Hall–Kier alpha value is 0.260. The molecule has 1 N–H and O–H groups in total. The van der Waals surface area contributed by atoms with Crippen LogP contribution in [-0.2, 0) is 27.0 Å². The molecule has 0 radical (unpaired) electrons. The van der Waals surface area contributed by atoms with Crippen molar-refractivity contribution in [3.05, 3.63) is 0 Å². The van der Waals surface area contributed by atoms with Gasteiger partial charge in [-0.25, -0.2) is 9.13 Å². The van der Waals surface area contributed by atoms with Crippen LogP contribution < -0.4 is 0 Å². The summed E-state index contributed by atoms with van der Waals surface area (Å²) in [6.07, 6.45) is -1.55. The highest BCUT2D eigenvalue weighted by Crippen LogP contribution is 2.64. The minimum atomic E-state index is -4.50. The molecule has 0 aliphatic heterocycles. The highest BCUT2D eigenvalue weighted by atomic mass is 31.3. The molecule has 0 amide bonds. The van der Waals surface area contributed by atoms with Crippen LogP contribution in [0.4, 0.5) is 0 Å². The quantitative estimate of drug-likeness (QED) is 0.686. The number of hydrogen-bond donors (Lipinski definition) is 1. The fourth-order valence-electron chi connectivity index (χ4n) is 0.992. The van der Waals surface area contributed by atoms with Crippen LogP contribution in [0.1, 0.15) is 41.5 Å². The van der Waals surface area contributed by atoms with Crippen molar-refractivity contribution in [3.63, 3.8) is 0 Å². The van der Waals surface area contributed by atoms with Gasteiger partial charge in [0, 0.05) is 0 Å². The largest absolute Gasteiger partial charge is 0.484 e. The van der Waals surface area contributed by atoms with Crippen LogP contribution >= 0.6 is 15.6 Å². The average Bonchev–Trinajstić information content (AvgIpc) is 1.92. The normalized spacial score (nSPS) is 16.6. The molecule has 7 nitrogen and oxygen atoms in total. The first-order valence-electron chi connectivity index (χ1n) is 5.65. The molecule has 0 aromatic carbocycles. The summed E-state index contributed by atoms with van der Waals surface area (Å²) in [6.45, 7) is 9.50. The summed E-state index contributed by atoms with van der Waals surface area (Å²) < 4.78 is 42.9. The first kappa shape index (κ1) is 18.3. The highest BCUT2D eigenvalue weighted by Gasteiger charge is 2.40. The maximum Gasteiger partial charge on any atom is 0.484 e. The number of phosphoric ester groups is 2. The van der Waals surface area contributed by atoms with Crippen LogP contribution in [0.3, 0.4) is 0 Å². The smallest absolute Gasteiger partial charge is 0.302 e. The molecule has 0 aliphatic rings. The van der Waals surface area contributed by atoms with Crippen molar-refractivity contribution < 1.29 is 31.9 Å². The third-order valence-corrected chi connectivity index (χ3v) is 4.90. The molecule has 0 saturated carbocycles. The Morgan fingerprint density at radius 1 is 0.778 bits per heavy atom. The second-order valence-corrected chi connectivity index (χ2v) is 7.58. The maximum absolute atomic E-state index is 12.2. The highest BCUT2D eigenvalue weighted by molar-refractivity contribution is 7.61. The van der Waals surface area contributed by atoms with Gasteiger partial charge < -0.3 is 4.89 Å². The van der Waals surface area contributed by atoms with E-state index in [1.807, 2.05) is 0 Å². The summed E-state index contributed by atoms with van der Waals surface area (Å²) >= 11 is 0. The zero-order chi connectivity index (χ0) is 14.6. The molecule has 0 aliphatic carbocycles. The van der Waals surface area contributed by atoms with E-state index in [-0.39, 0.29) is 0 Å². The van der Waals surface area contributed by atoms with Gasteiger partial charge in [-0.05, 0) is 41.5 Å². The molecule has 0 fully saturated rings. The van der Waals surface area contributed by atoms with E-state index in [1.54, 1.807) is 41.5 Å². The standard InChI is InChI=1S/C9H22O7P2/c1-7(2)13-17(10,11)16-18(12,14-8(3)4)15-9(5)6/h7-9H,1-6H3,(H,10,11). The van der Waals surface area contributed by atoms with Crippen molar-refractivity contribution in [2.45, 2.75) is 59.9 Å². The van der Waals surface area contributed by atoms with E-state index >= 15 is 0 Å². The number of hydrogen-bond acceptors (Lipinski definition) is 6. The van der Waals surface area contributed by atoms with E-state index in [2.05, 4.69) is 8.83 Å². The predicted octanol–water partition coefficient (Wildman–Crippen LogP) is 3.49. The van der Waals surface area contributed by atoms with E-state index in [9.17, 15) is 14.0 Å². The van der Waals surface area contributed by atoms with Crippen molar-refractivity contribution in [2.24, 2.45) is 0 Å². The Balaban J connectivity index is 4.89. The number of rotatable bonds is 8. The SMILES string of the molecule is CC(C)OP(=O)(O)OP(=O)(OC(C)C)OC(C)C. The van der Waals surface area contributed by atoms with Crippen LogP contribution in [0.15, 0.2) is 0 Å². The maximum atomic E-state index is 12.2. The fraction of sp³-hybridized carbons (Fsp3) is 1.00. The van der Waals surface area contributed by atoms with Crippen LogP contribution in [-0.4, -0.2) is 23.2 Å². The summed E-state index contributed by atoms with van der Waals surface area (Å²) in [5, 5.41) is 0. The molecular formula is C9H22O7P2. The van der Waals surface area contributed by atoms with E-state index in [1.165, 1.54) is 0 Å². The van der Waals surface area contributed by atoms with Gasteiger partial charge in [-0.15, -0.1) is 0 Å². The molecule has 0 saturated heterocycles. The Morgan fingerprint density at radius 3 is 1.39 bits per heavy atom. The van der Waals surface area contributed by atoms with E-state index in [0.717, 1.165) is 0 Å². The molecule has 1 unspecified atom stereocenters. The average molecular weight is 304 g/mol. The third-order valence-electron chi connectivity index (χ3n) is 1.23. The van der Waals surface area contributed by atoms with Gasteiger partial charge in [0.15, 0.2) is 0 Å². The van der Waals surface area contributed by atoms with Gasteiger partial charge in [-0.2, -0.15) is 4.31 Å². The second-order valence-electron chi connectivity index (χ2n) is 4.46. The van der Waals surface area contributed by atoms with E-state index in [4.69, 9.17) is 9.05 Å². The van der Waals surface area contributed by atoms with E-state index in [0.29, 0.717) is 0 Å². The molecule has 0 spiro atoms. The molecule has 0 aromatic rings. The summed E-state index contributed by atoms with van der Waals surface area (Å²) in [6, 6.07) is 0. The van der Waals surface area contributed by atoms with Gasteiger partial charge in [-0.1, -0.05) is 0 Å². The van der Waals surface area contributed by atoms with Crippen molar-refractivity contribution in [3.8, 4) is 0 Å². The Labute approximate surface area is 108 Å². The zero-order valence-electron chi connectivity index (χ0n) is 11.5. The lowest BCUT2D eigenvalue weighted by molar-refractivity contribution is 0.0827. The summed E-state index contributed by atoms with van der Waals surface area (Å²) in [5.74, 6) is 0. The molecule has 0 aromatic heterocycles. The lowest BCUT2D eigenvalue weighted by Crippen LogP contribution is -2.11. The van der Waals surface area contributed by atoms with E-state index < -0.39 is 34.0 Å². The van der Waals surface area contributed by atoms with Gasteiger partial charge in [0.2, 0.25) is 0 Å². The molecule has 9 heteroatoms. The Kier molecular flexibility index (Phi) is 7.26. The van der Waals surface area contributed by atoms with Gasteiger partial charge in [-0.3, -0.25) is 13.6 Å². The van der Waals surface area contributed by atoms with Crippen molar-refractivity contribution in [2.75, 3.05) is 0 Å². The molecule has 0 heterocycles. The molecular weight excluding hydrogens is 282 g/mol. The van der Waals surface area contributed by atoms with Gasteiger partial charge >= 0.3 is 15.6 Å². The molecule has 18 heavy (non-hydrogen) atoms. The molecule has 110 valence electrons. The third kappa shape index (κ3) is 8.38. The van der Waals surface area contributed by atoms with Crippen LogP contribution in [0.5, 0.6) is 0 Å². The molecule has 0 rings (SSSR count). The van der Waals surface area contributed by atoms with Gasteiger partial charge in [0.1, 0.15) is 0 Å². The first-order valence-corrected chi connectivity index (χ1v) is 8.61. The lowest BCUT2D eigenvalue weighted by Gasteiger charge is -2.23. The van der Waals surface area contributed by atoms with Crippen molar-refractivity contribution >= 4 is 15.6 Å². The predicted molar refractivity (Wildman–Crippen MR) is 67.2 cm³/mol. The Morgan fingerprint density at radius 2 is 1.11 bits per heavy atom. The van der Waals surface area contributed by atoms with Crippen molar-refractivity contribution in [1.29, 1.82) is 0 Å². The molecule has 1 atom stereocenters. The van der Waals surface area contributed by atoms with Crippen molar-refractivity contribution in [1.82, 2.24) is 0 Å². The van der Waals surface area contributed by atoms with Gasteiger partial charge in [0.25, 0.3) is 0 Å². The van der Waals surface area contributed by atoms with Gasteiger partial charge in [0.05, 0.1) is 18.3 Å². The fourth-order valence-corrected chi connectivity index (χ4v) is 4.08. The molecule has 0 bridgehead atoms. The minimum absolute atomic E-state index is 0.492. The summed E-state index contributed by atoms with van der Waals surface area (Å²) in [4.78, 5) is 9.43. The monoisotopic (exact) mass is 304 g/mol.